The second kappa shape index (κ2) is 3.45. The van der Waals surface area contributed by atoms with Crippen LogP contribution >= 0.6 is 11.6 Å². The van der Waals surface area contributed by atoms with Gasteiger partial charge in [0.15, 0.2) is 0 Å². The molecule has 0 aromatic carbocycles. The van der Waals surface area contributed by atoms with Crippen molar-refractivity contribution >= 4 is 28.0 Å². The Morgan fingerprint density at radius 2 is 2.08 bits per heavy atom. The van der Waals surface area contributed by atoms with E-state index in [1.54, 1.807) is 4.72 Å². The minimum atomic E-state index is -3.63. The van der Waals surface area contributed by atoms with Crippen molar-refractivity contribution < 1.29 is 13.2 Å². The molecule has 4 nitrogen and oxygen atoms in total. The Hall–Kier alpha value is -0.550. The van der Waals surface area contributed by atoms with Crippen LogP contribution in [0.15, 0.2) is 9.94 Å². The summed E-state index contributed by atoms with van der Waals surface area (Å²) >= 11 is 5.64. The van der Waals surface area contributed by atoms with E-state index in [-0.39, 0.29) is 11.3 Å². The molecule has 68 valence electrons. The Labute approximate surface area is 75.6 Å². The molecule has 0 bridgehead atoms. The maximum absolute atomic E-state index is 11.2. The van der Waals surface area contributed by atoms with Crippen LogP contribution in [-0.2, 0) is 14.8 Å². The molecule has 0 radical (unpaired) electrons. The molecule has 1 aliphatic carbocycles. The minimum Gasteiger partial charge on any atom is -0.278 e. The van der Waals surface area contributed by atoms with Crippen molar-refractivity contribution in [1.29, 1.82) is 0 Å². The normalized spacial score (nSPS) is 18.1. The fourth-order valence-corrected chi connectivity index (χ4v) is 2.70. The molecule has 0 spiro atoms. The molecule has 0 atom stereocenters. The van der Waals surface area contributed by atoms with Crippen LogP contribution in [0.2, 0.25) is 0 Å². The molecule has 1 N–H and O–H groups in total. The summed E-state index contributed by atoms with van der Waals surface area (Å²) in [5.41, 5.74) is 0. The number of allylic oxidation sites excluding steroid dienone is 2. The van der Waals surface area contributed by atoms with E-state index in [9.17, 15) is 13.2 Å². The molecule has 0 aromatic rings. The van der Waals surface area contributed by atoms with Crippen LogP contribution in [0, 0.1) is 0 Å². The first-order valence-electron chi connectivity index (χ1n) is 3.41. The second-order valence-corrected chi connectivity index (χ2v) is 4.61. The number of hydrogen-bond donors (Lipinski definition) is 1. The summed E-state index contributed by atoms with van der Waals surface area (Å²) in [5.74, 6) is 0. The number of carbonyl (C=O) groups excluding carboxylic acids is 1. The highest BCUT2D eigenvalue weighted by atomic mass is 35.5. The fourth-order valence-electron chi connectivity index (χ4n) is 1.09. The minimum absolute atomic E-state index is 0.144. The molecule has 0 saturated carbocycles. The van der Waals surface area contributed by atoms with Gasteiger partial charge in [0, 0.05) is 5.03 Å². The molecule has 6 heteroatoms. The lowest BCUT2D eigenvalue weighted by Gasteiger charge is -2.02. The lowest BCUT2D eigenvalue weighted by atomic mass is 10.4. The predicted octanol–water partition coefficient (Wildman–Crippen LogP) is 0.697. The highest BCUT2D eigenvalue weighted by molar-refractivity contribution is 7.93. The maximum Gasteiger partial charge on any atom is 0.261 e. The van der Waals surface area contributed by atoms with Gasteiger partial charge in [-0.1, -0.05) is 11.6 Å². The van der Waals surface area contributed by atoms with Gasteiger partial charge in [-0.15, -0.1) is 0 Å². The van der Waals surface area contributed by atoms with E-state index in [1.807, 2.05) is 0 Å². The van der Waals surface area contributed by atoms with E-state index in [0.29, 0.717) is 17.9 Å². The lowest BCUT2D eigenvalue weighted by molar-refractivity contribution is -0.108. The molecule has 1 rings (SSSR count). The molecular weight excluding hydrogens is 202 g/mol. The first-order valence-corrected chi connectivity index (χ1v) is 5.27. The van der Waals surface area contributed by atoms with Gasteiger partial charge < -0.3 is 0 Å². The molecule has 0 aliphatic heterocycles. The highest BCUT2D eigenvalue weighted by Crippen LogP contribution is 2.31. The Kier molecular flexibility index (Phi) is 2.74. The summed E-state index contributed by atoms with van der Waals surface area (Å²) in [6.07, 6.45) is 1.87. The molecule has 0 fully saturated rings. The van der Waals surface area contributed by atoms with Crippen molar-refractivity contribution in [3.05, 3.63) is 9.94 Å². The van der Waals surface area contributed by atoms with E-state index in [1.165, 1.54) is 0 Å². The number of rotatable bonds is 3. The van der Waals surface area contributed by atoms with Crippen LogP contribution in [0.25, 0.3) is 0 Å². The summed E-state index contributed by atoms with van der Waals surface area (Å²) in [4.78, 5) is 10.1. The zero-order valence-corrected chi connectivity index (χ0v) is 7.78. The molecule has 0 unspecified atom stereocenters. The van der Waals surface area contributed by atoms with Crippen molar-refractivity contribution in [3.63, 3.8) is 0 Å². The van der Waals surface area contributed by atoms with E-state index < -0.39 is 10.0 Å². The van der Waals surface area contributed by atoms with Gasteiger partial charge in [0.2, 0.25) is 6.41 Å². The van der Waals surface area contributed by atoms with E-state index in [4.69, 9.17) is 11.6 Å². The monoisotopic (exact) mass is 209 g/mol. The number of sulfonamides is 1. The van der Waals surface area contributed by atoms with Crippen molar-refractivity contribution in [2.24, 2.45) is 0 Å². The Balaban J connectivity index is 2.96. The number of amides is 1. The molecule has 0 heterocycles. The van der Waals surface area contributed by atoms with E-state index >= 15 is 0 Å². The van der Waals surface area contributed by atoms with Crippen LogP contribution < -0.4 is 4.72 Å². The zero-order chi connectivity index (χ0) is 9.19. The Bertz CT molecular complexity index is 320. The van der Waals surface area contributed by atoms with Gasteiger partial charge in [-0.05, 0) is 19.3 Å². The van der Waals surface area contributed by atoms with Crippen LogP contribution in [0.5, 0.6) is 0 Å². The first kappa shape index (κ1) is 9.54. The number of carbonyl (C=O) groups is 1. The SMILES string of the molecule is O=CNS(=O)(=O)C1=C(Cl)CCC1. The lowest BCUT2D eigenvalue weighted by Crippen LogP contribution is -2.22. The number of nitrogens with one attached hydrogen (secondary N) is 1. The third-order valence-electron chi connectivity index (χ3n) is 1.63. The van der Waals surface area contributed by atoms with Gasteiger partial charge in [-0.2, -0.15) is 0 Å². The standard InChI is InChI=1S/C6H8ClNO3S/c7-5-2-1-3-6(5)12(10,11)8-4-9/h4H,1-3H2,(H,8,9). The van der Waals surface area contributed by atoms with Crippen molar-refractivity contribution in [2.45, 2.75) is 19.3 Å². The average Bonchev–Trinajstić information content (AvgIpc) is 2.35. The molecule has 1 aliphatic rings. The predicted molar refractivity (Wildman–Crippen MR) is 44.8 cm³/mol. The largest absolute Gasteiger partial charge is 0.278 e. The van der Waals surface area contributed by atoms with Gasteiger partial charge >= 0.3 is 0 Å². The molecule has 0 aromatic heterocycles. The third-order valence-corrected chi connectivity index (χ3v) is 3.67. The average molecular weight is 210 g/mol. The van der Waals surface area contributed by atoms with Gasteiger partial charge in [-0.25, -0.2) is 8.42 Å². The van der Waals surface area contributed by atoms with Crippen molar-refractivity contribution in [2.75, 3.05) is 0 Å². The number of halogens is 1. The summed E-state index contributed by atoms with van der Waals surface area (Å²) in [7, 11) is -3.63. The third kappa shape index (κ3) is 1.78. The van der Waals surface area contributed by atoms with Gasteiger partial charge in [-0.3, -0.25) is 9.52 Å². The van der Waals surface area contributed by atoms with Crippen molar-refractivity contribution in [3.8, 4) is 0 Å². The van der Waals surface area contributed by atoms with Gasteiger partial charge in [0.05, 0.1) is 4.91 Å². The molecule has 12 heavy (non-hydrogen) atoms. The second-order valence-electron chi connectivity index (χ2n) is 2.42. The maximum atomic E-state index is 11.2. The topological polar surface area (TPSA) is 63.2 Å². The highest BCUT2D eigenvalue weighted by Gasteiger charge is 2.24. The summed E-state index contributed by atoms with van der Waals surface area (Å²) in [6.45, 7) is 0. The number of hydrogen-bond acceptors (Lipinski definition) is 3. The Morgan fingerprint density at radius 3 is 2.50 bits per heavy atom. The fraction of sp³-hybridized carbons (Fsp3) is 0.500. The quantitative estimate of drug-likeness (QED) is 0.696. The van der Waals surface area contributed by atoms with Crippen LogP contribution in [0.1, 0.15) is 19.3 Å². The Morgan fingerprint density at radius 1 is 1.42 bits per heavy atom. The summed E-state index contributed by atoms with van der Waals surface area (Å²) in [6, 6.07) is 0. The van der Waals surface area contributed by atoms with Crippen LogP contribution in [0.3, 0.4) is 0 Å². The van der Waals surface area contributed by atoms with Crippen molar-refractivity contribution in [1.82, 2.24) is 4.72 Å². The van der Waals surface area contributed by atoms with Gasteiger partial charge in [0.25, 0.3) is 10.0 Å². The zero-order valence-electron chi connectivity index (χ0n) is 6.21. The van der Waals surface area contributed by atoms with Crippen LogP contribution in [-0.4, -0.2) is 14.8 Å². The molecule has 0 saturated heterocycles. The molecular formula is C6H8ClNO3S. The molecule has 1 amide bonds. The van der Waals surface area contributed by atoms with Gasteiger partial charge in [0.1, 0.15) is 0 Å². The van der Waals surface area contributed by atoms with Crippen LogP contribution in [0.4, 0.5) is 0 Å². The smallest absolute Gasteiger partial charge is 0.261 e. The van der Waals surface area contributed by atoms with E-state index in [0.717, 1.165) is 6.42 Å². The first-order chi connectivity index (χ1) is 5.58. The summed E-state index contributed by atoms with van der Waals surface area (Å²) in [5, 5.41) is 0.337. The summed E-state index contributed by atoms with van der Waals surface area (Å²) < 4.78 is 24.1. The van der Waals surface area contributed by atoms with E-state index in [2.05, 4.69) is 0 Å².